The molecule has 0 radical (unpaired) electrons. The van der Waals surface area contributed by atoms with Gasteiger partial charge in [0.2, 0.25) is 5.91 Å². The van der Waals surface area contributed by atoms with Gasteiger partial charge in [0.25, 0.3) is 0 Å². The van der Waals surface area contributed by atoms with E-state index in [0.29, 0.717) is 6.42 Å². The average molecular weight is 332 g/mol. The predicted octanol–water partition coefficient (Wildman–Crippen LogP) is 2.46. The van der Waals surface area contributed by atoms with Gasteiger partial charge < -0.3 is 15.1 Å². The van der Waals surface area contributed by atoms with E-state index >= 15 is 0 Å². The summed E-state index contributed by atoms with van der Waals surface area (Å²) in [6, 6.07) is 4.11. The quantitative estimate of drug-likeness (QED) is 0.755. The van der Waals surface area contributed by atoms with Crippen LogP contribution in [0.1, 0.15) is 45.1 Å². The van der Waals surface area contributed by atoms with Crippen LogP contribution in [0.5, 0.6) is 0 Å². The molecule has 5 nitrogen and oxygen atoms in total. The topological polar surface area (TPSA) is 48.5 Å². The molecule has 1 aliphatic rings. The van der Waals surface area contributed by atoms with E-state index in [1.165, 1.54) is 37.9 Å². The predicted molar refractivity (Wildman–Crippen MR) is 99.4 cm³/mol. The molecule has 0 spiro atoms. The van der Waals surface area contributed by atoms with Crippen LogP contribution in [-0.4, -0.2) is 55.1 Å². The number of hydrogen-bond donors (Lipinski definition) is 1. The third kappa shape index (κ3) is 6.11. The molecule has 1 aromatic rings. The Morgan fingerprint density at radius 2 is 2.00 bits per heavy atom. The molecule has 0 unspecified atom stereocenters. The Kier molecular flexibility index (Phi) is 8.02. The van der Waals surface area contributed by atoms with Crippen molar-refractivity contribution in [1.82, 2.24) is 15.2 Å². The van der Waals surface area contributed by atoms with Crippen molar-refractivity contribution < 1.29 is 4.79 Å². The molecule has 134 valence electrons. The fourth-order valence-corrected chi connectivity index (χ4v) is 3.22. The van der Waals surface area contributed by atoms with Crippen molar-refractivity contribution in [2.75, 3.05) is 44.2 Å². The average Bonchev–Trinajstić information content (AvgIpc) is 2.62. The van der Waals surface area contributed by atoms with Gasteiger partial charge >= 0.3 is 0 Å². The van der Waals surface area contributed by atoms with Gasteiger partial charge in [-0.1, -0.05) is 6.42 Å². The molecular weight excluding hydrogens is 300 g/mol. The van der Waals surface area contributed by atoms with Gasteiger partial charge in [-0.15, -0.1) is 0 Å². The lowest BCUT2D eigenvalue weighted by Gasteiger charge is -2.26. The lowest BCUT2D eigenvalue weighted by molar-refractivity contribution is -0.121. The zero-order valence-corrected chi connectivity index (χ0v) is 15.3. The zero-order chi connectivity index (χ0) is 17.2. The van der Waals surface area contributed by atoms with Gasteiger partial charge in [0.1, 0.15) is 5.82 Å². The Morgan fingerprint density at radius 3 is 2.71 bits per heavy atom. The zero-order valence-electron chi connectivity index (χ0n) is 15.3. The first-order chi connectivity index (χ1) is 11.7. The minimum atomic E-state index is 0.146. The summed E-state index contributed by atoms with van der Waals surface area (Å²) in [6.45, 7) is 10.3. The molecule has 2 rings (SSSR count). The van der Waals surface area contributed by atoms with Crippen LogP contribution in [0.15, 0.2) is 18.3 Å². The van der Waals surface area contributed by atoms with Crippen molar-refractivity contribution in [3.8, 4) is 0 Å². The number of nitrogens with one attached hydrogen (secondary N) is 1. The van der Waals surface area contributed by atoms with Crippen molar-refractivity contribution in [2.45, 2.75) is 46.0 Å². The van der Waals surface area contributed by atoms with E-state index in [2.05, 4.69) is 40.0 Å². The molecule has 2 heterocycles. The first kappa shape index (κ1) is 18.7. The van der Waals surface area contributed by atoms with Crippen LogP contribution < -0.4 is 10.2 Å². The van der Waals surface area contributed by atoms with Crippen LogP contribution in [0, 0.1) is 0 Å². The van der Waals surface area contributed by atoms with Crippen LogP contribution >= 0.6 is 0 Å². The summed E-state index contributed by atoms with van der Waals surface area (Å²) in [5, 5.41) is 3.05. The number of piperidine rings is 1. The molecule has 1 fully saturated rings. The summed E-state index contributed by atoms with van der Waals surface area (Å²) in [7, 11) is 0. The van der Waals surface area contributed by atoms with E-state index in [0.717, 1.165) is 38.4 Å². The monoisotopic (exact) mass is 332 g/mol. The number of amides is 1. The van der Waals surface area contributed by atoms with E-state index in [1.807, 2.05) is 12.3 Å². The summed E-state index contributed by atoms with van der Waals surface area (Å²) in [4.78, 5) is 21.1. The van der Waals surface area contributed by atoms with Gasteiger partial charge in [0, 0.05) is 38.8 Å². The molecule has 0 aliphatic carbocycles. The number of aromatic nitrogens is 1. The second-order valence-electron chi connectivity index (χ2n) is 6.45. The maximum atomic E-state index is 12.0. The summed E-state index contributed by atoms with van der Waals surface area (Å²) in [5.74, 6) is 1.15. The lowest BCUT2D eigenvalue weighted by Crippen LogP contribution is -2.37. The first-order valence-corrected chi connectivity index (χ1v) is 9.41. The van der Waals surface area contributed by atoms with Crippen LogP contribution in [0.2, 0.25) is 0 Å². The number of carbonyl (C=O) groups excluding carboxylic acids is 1. The maximum absolute atomic E-state index is 12.0. The molecule has 0 aromatic carbocycles. The fraction of sp³-hybridized carbons (Fsp3) is 0.684. The highest BCUT2D eigenvalue weighted by Gasteiger charge is 2.10. The summed E-state index contributed by atoms with van der Waals surface area (Å²) < 4.78 is 0. The summed E-state index contributed by atoms with van der Waals surface area (Å²) in [6.07, 6.45) is 7.10. The smallest absolute Gasteiger partial charge is 0.220 e. The minimum absolute atomic E-state index is 0.146. The number of hydrogen-bond acceptors (Lipinski definition) is 4. The van der Waals surface area contributed by atoms with E-state index < -0.39 is 0 Å². The van der Waals surface area contributed by atoms with Gasteiger partial charge in [0.05, 0.1) is 0 Å². The molecule has 1 amide bonds. The Hall–Kier alpha value is -1.62. The number of aryl methyl sites for hydroxylation is 1. The normalized spacial score (nSPS) is 15.2. The number of rotatable bonds is 9. The number of carbonyl (C=O) groups is 1. The number of likely N-dealkylation sites (tertiary alicyclic amines) is 1. The largest absolute Gasteiger partial charge is 0.357 e. The molecule has 5 heteroatoms. The van der Waals surface area contributed by atoms with Crippen LogP contribution in [0.25, 0.3) is 0 Å². The van der Waals surface area contributed by atoms with Crippen molar-refractivity contribution in [2.24, 2.45) is 0 Å². The molecule has 0 atom stereocenters. The standard InChI is InChI=1S/C19H32N4O/c1-3-23(4-2)18-16-17(10-11-20-18)8-9-19(24)21-12-15-22-13-6-5-7-14-22/h10-11,16H,3-9,12-15H2,1-2H3,(H,21,24). The molecular formula is C19H32N4O. The third-order valence-electron chi connectivity index (χ3n) is 4.74. The lowest BCUT2D eigenvalue weighted by atomic mass is 10.1. The van der Waals surface area contributed by atoms with Crippen molar-refractivity contribution in [1.29, 1.82) is 0 Å². The highest BCUT2D eigenvalue weighted by Crippen LogP contribution is 2.13. The molecule has 24 heavy (non-hydrogen) atoms. The summed E-state index contributed by atoms with van der Waals surface area (Å²) in [5.41, 5.74) is 1.18. The summed E-state index contributed by atoms with van der Waals surface area (Å²) >= 11 is 0. The molecule has 1 aliphatic heterocycles. The molecule has 0 saturated carbocycles. The number of anilines is 1. The van der Waals surface area contributed by atoms with Gasteiger partial charge in [-0.25, -0.2) is 4.98 Å². The highest BCUT2D eigenvalue weighted by atomic mass is 16.1. The molecule has 0 bridgehead atoms. The fourth-order valence-electron chi connectivity index (χ4n) is 3.22. The second-order valence-corrected chi connectivity index (χ2v) is 6.45. The molecule has 1 saturated heterocycles. The van der Waals surface area contributed by atoms with E-state index in [4.69, 9.17) is 0 Å². The van der Waals surface area contributed by atoms with Gasteiger partial charge in [0.15, 0.2) is 0 Å². The minimum Gasteiger partial charge on any atom is -0.357 e. The first-order valence-electron chi connectivity index (χ1n) is 9.41. The van der Waals surface area contributed by atoms with Crippen LogP contribution in [0.3, 0.4) is 0 Å². The van der Waals surface area contributed by atoms with Crippen molar-refractivity contribution >= 4 is 11.7 Å². The van der Waals surface area contributed by atoms with Gasteiger partial charge in [-0.05, 0) is 63.9 Å². The molecule has 1 aromatic heterocycles. The maximum Gasteiger partial charge on any atom is 0.220 e. The van der Waals surface area contributed by atoms with E-state index in [-0.39, 0.29) is 5.91 Å². The molecule has 1 N–H and O–H groups in total. The third-order valence-corrected chi connectivity index (χ3v) is 4.74. The second kappa shape index (κ2) is 10.3. The Morgan fingerprint density at radius 1 is 1.25 bits per heavy atom. The van der Waals surface area contributed by atoms with Crippen molar-refractivity contribution in [3.05, 3.63) is 23.9 Å². The van der Waals surface area contributed by atoms with Crippen molar-refractivity contribution in [3.63, 3.8) is 0 Å². The van der Waals surface area contributed by atoms with Crippen LogP contribution in [-0.2, 0) is 11.2 Å². The SMILES string of the molecule is CCN(CC)c1cc(CCC(=O)NCCN2CCCCC2)ccn1. The number of pyridine rings is 1. The Balaban J connectivity index is 1.70. The van der Waals surface area contributed by atoms with Gasteiger partial charge in [-0.2, -0.15) is 0 Å². The van der Waals surface area contributed by atoms with Crippen LogP contribution in [0.4, 0.5) is 5.82 Å². The van der Waals surface area contributed by atoms with Gasteiger partial charge in [-0.3, -0.25) is 4.79 Å². The highest BCUT2D eigenvalue weighted by molar-refractivity contribution is 5.76. The van der Waals surface area contributed by atoms with E-state index in [1.54, 1.807) is 0 Å². The number of nitrogens with zero attached hydrogens (tertiary/aromatic N) is 3. The Bertz CT molecular complexity index is 496. The Labute approximate surface area is 146 Å². The van der Waals surface area contributed by atoms with E-state index in [9.17, 15) is 4.79 Å².